The largest absolute Gasteiger partial charge is 0.477 e. The molecule has 2 aliphatic rings. The summed E-state index contributed by atoms with van der Waals surface area (Å²) in [4.78, 5) is 10.7. The van der Waals surface area contributed by atoms with E-state index in [9.17, 15) is 5.11 Å². The average molecular weight is 406 g/mol. The second-order valence-corrected chi connectivity index (χ2v) is 8.87. The highest BCUT2D eigenvalue weighted by Gasteiger charge is 2.24. The van der Waals surface area contributed by atoms with Crippen molar-refractivity contribution in [1.82, 2.24) is 14.9 Å². The zero-order chi connectivity index (χ0) is 20.3. The van der Waals surface area contributed by atoms with Crippen LogP contribution in [0.15, 0.2) is 42.5 Å². The molecule has 1 aromatic carbocycles. The van der Waals surface area contributed by atoms with Gasteiger partial charge in [0.05, 0.1) is 18.9 Å². The smallest absolute Gasteiger partial charge is 0.213 e. The number of ether oxygens (including phenoxy) is 1. The molecular formula is C25H31N3O2. The van der Waals surface area contributed by atoms with Gasteiger partial charge in [-0.25, -0.2) is 4.98 Å². The third-order valence-electron chi connectivity index (χ3n) is 6.72. The molecule has 5 rings (SSSR count). The molecule has 2 aromatic heterocycles. The Balaban J connectivity index is 1.31. The molecule has 0 unspecified atom stereocenters. The van der Waals surface area contributed by atoms with Gasteiger partial charge in [-0.1, -0.05) is 25.0 Å². The second-order valence-electron chi connectivity index (χ2n) is 8.87. The molecule has 3 aromatic rings. The van der Waals surface area contributed by atoms with Crippen molar-refractivity contribution >= 4 is 10.9 Å². The summed E-state index contributed by atoms with van der Waals surface area (Å²) in [5.41, 5.74) is 4.39. The molecule has 5 nitrogen and oxygen atoms in total. The van der Waals surface area contributed by atoms with Crippen molar-refractivity contribution in [2.24, 2.45) is 5.92 Å². The minimum Gasteiger partial charge on any atom is -0.477 e. The van der Waals surface area contributed by atoms with E-state index in [1.54, 1.807) is 0 Å². The Morgan fingerprint density at radius 3 is 2.83 bits per heavy atom. The van der Waals surface area contributed by atoms with Gasteiger partial charge in [-0.15, -0.1) is 0 Å². The number of nitrogens with one attached hydrogen (secondary N) is 1. The Morgan fingerprint density at radius 2 is 1.97 bits per heavy atom. The Bertz CT molecular complexity index is 993. The quantitative estimate of drug-likeness (QED) is 0.595. The van der Waals surface area contributed by atoms with Crippen molar-refractivity contribution in [3.63, 3.8) is 0 Å². The van der Waals surface area contributed by atoms with E-state index in [1.807, 2.05) is 18.2 Å². The first-order valence-electron chi connectivity index (χ1n) is 11.4. The first-order chi connectivity index (χ1) is 14.8. The number of H-pyrrole nitrogens is 1. The van der Waals surface area contributed by atoms with Crippen LogP contribution in [0.4, 0.5) is 0 Å². The number of aliphatic hydroxyl groups is 1. The fourth-order valence-corrected chi connectivity index (χ4v) is 5.00. The van der Waals surface area contributed by atoms with Crippen molar-refractivity contribution in [3.8, 4) is 17.1 Å². The Labute approximate surface area is 178 Å². The van der Waals surface area contributed by atoms with Gasteiger partial charge in [-0.05, 0) is 62.4 Å². The number of rotatable bonds is 7. The molecule has 2 N–H and O–H groups in total. The molecule has 1 saturated carbocycles. The number of aliphatic hydroxyl groups excluding tert-OH is 1. The van der Waals surface area contributed by atoms with Crippen LogP contribution in [0, 0.1) is 5.92 Å². The van der Waals surface area contributed by atoms with Gasteiger partial charge in [0.1, 0.15) is 0 Å². The maximum atomic E-state index is 9.57. The molecule has 0 bridgehead atoms. The van der Waals surface area contributed by atoms with Crippen LogP contribution in [0.2, 0.25) is 0 Å². The van der Waals surface area contributed by atoms with Gasteiger partial charge in [-0.3, -0.25) is 4.90 Å². The molecule has 0 amide bonds. The van der Waals surface area contributed by atoms with Crippen LogP contribution in [0.5, 0.6) is 5.88 Å². The predicted octanol–water partition coefficient (Wildman–Crippen LogP) is 4.76. The fourth-order valence-electron chi connectivity index (χ4n) is 5.00. The standard InChI is InChI=1S/C25H31N3O2/c29-16-22-7-4-12-28(22)15-21-14-20-13-19(10-11-24(20)26-21)23-8-3-9-25(27-23)30-17-18-5-1-2-6-18/h3,8-11,13-14,18,22,26,29H,1-2,4-7,12,15-17H2/t22-/m1/s1. The van der Waals surface area contributed by atoms with Crippen LogP contribution in [0.3, 0.4) is 0 Å². The van der Waals surface area contributed by atoms with Gasteiger partial charge in [0, 0.05) is 40.8 Å². The van der Waals surface area contributed by atoms with Gasteiger partial charge in [0.25, 0.3) is 0 Å². The molecule has 1 aliphatic heterocycles. The minimum absolute atomic E-state index is 0.245. The Hall–Kier alpha value is -2.37. The number of benzene rings is 1. The van der Waals surface area contributed by atoms with Crippen LogP contribution < -0.4 is 4.74 Å². The number of hydrogen-bond donors (Lipinski definition) is 2. The van der Waals surface area contributed by atoms with E-state index in [-0.39, 0.29) is 6.61 Å². The van der Waals surface area contributed by atoms with E-state index in [0.29, 0.717) is 12.0 Å². The van der Waals surface area contributed by atoms with Gasteiger partial charge in [0.2, 0.25) is 5.88 Å². The number of fused-ring (bicyclic) bond motifs is 1. The van der Waals surface area contributed by atoms with Gasteiger partial charge >= 0.3 is 0 Å². The molecule has 30 heavy (non-hydrogen) atoms. The Kier molecular flexibility index (Phi) is 5.73. The number of nitrogens with zero attached hydrogens (tertiary/aromatic N) is 2. The third-order valence-corrected chi connectivity index (χ3v) is 6.72. The molecule has 1 aliphatic carbocycles. The summed E-state index contributed by atoms with van der Waals surface area (Å²) in [6.45, 7) is 2.94. The highest BCUT2D eigenvalue weighted by Crippen LogP contribution is 2.28. The lowest BCUT2D eigenvalue weighted by molar-refractivity contribution is 0.152. The SMILES string of the molecule is OC[C@H]1CCCN1Cc1cc2cc(-c3cccc(OCC4CCCC4)n3)ccc2[nH]1. The normalized spacial score (nSPS) is 20.4. The fraction of sp³-hybridized carbons (Fsp3) is 0.480. The van der Waals surface area contributed by atoms with E-state index >= 15 is 0 Å². The maximum absolute atomic E-state index is 9.57. The zero-order valence-electron chi connectivity index (χ0n) is 17.5. The van der Waals surface area contributed by atoms with Crippen molar-refractivity contribution in [1.29, 1.82) is 0 Å². The van der Waals surface area contributed by atoms with E-state index in [1.165, 1.54) is 43.2 Å². The first kappa shape index (κ1) is 19.6. The molecule has 5 heteroatoms. The molecule has 0 spiro atoms. The number of pyridine rings is 1. The summed E-state index contributed by atoms with van der Waals surface area (Å²) in [6, 6.07) is 15.0. The third kappa shape index (κ3) is 4.23. The first-order valence-corrected chi connectivity index (χ1v) is 11.4. The minimum atomic E-state index is 0.245. The summed E-state index contributed by atoms with van der Waals surface area (Å²) in [5.74, 6) is 1.41. The molecule has 3 heterocycles. The Morgan fingerprint density at radius 1 is 1.07 bits per heavy atom. The highest BCUT2D eigenvalue weighted by molar-refractivity contribution is 5.85. The van der Waals surface area contributed by atoms with Crippen LogP contribution in [-0.4, -0.2) is 45.8 Å². The lowest BCUT2D eigenvalue weighted by Crippen LogP contribution is -2.31. The lowest BCUT2D eigenvalue weighted by Gasteiger charge is -2.21. The molecule has 0 radical (unpaired) electrons. The van der Waals surface area contributed by atoms with Crippen molar-refractivity contribution in [2.75, 3.05) is 19.8 Å². The second kappa shape index (κ2) is 8.78. The van der Waals surface area contributed by atoms with Crippen LogP contribution in [0.25, 0.3) is 22.2 Å². The van der Waals surface area contributed by atoms with Gasteiger partial charge < -0.3 is 14.8 Å². The summed E-state index contributed by atoms with van der Waals surface area (Å²) >= 11 is 0. The average Bonchev–Trinajstić information content (AvgIpc) is 3.52. The highest BCUT2D eigenvalue weighted by atomic mass is 16.5. The van der Waals surface area contributed by atoms with Crippen molar-refractivity contribution in [2.45, 2.75) is 51.1 Å². The maximum Gasteiger partial charge on any atom is 0.213 e. The van der Waals surface area contributed by atoms with Crippen LogP contribution >= 0.6 is 0 Å². The van der Waals surface area contributed by atoms with Crippen molar-refractivity contribution < 1.29 is 9.84 Å². The summed E-state index contributed by atoms with van der Waals surface area (Å²) in [5, 5.41) is 10.8. The number of aromatic nitrogens is 2. The topological polar surface area (TPSA) is 61.4 Å². The molecule has 1 atom stereocenters. The van der Waals surface area contributed by atoms with Crippen molar-refractivity contribution in [3.05, 3.63) is 48.2 Å². The van der Waals surface area contributed by atoms with Crippen LogP contribution in [-0.2, 0) is 6.54 Å². The summed E-state index contributed by atoms with van der Waals surface area (Å²) < 4.78 is 6.00. The van der Waals surface area contributed by atoms with E-state index in [0.717, 1.165) is 48.8 Å². The lowest BCUT2D eigenvalue weighted by atomic mass is 10.1. The number of aromatic amines is 1. The van der Waals surface area contributed by atoms with Crippen LogP contribution in [0.1, 0.15) is 44.2 Å². The van der Waals surface area contributed by atoms with E-state index < -0.39 is 0 Å². The predicted molar refractivity (Wildman–Crippen MR) is 120 cm³/mol. The molecule has 1 saturated heterocycles. The molecule has 158 valence electrons. The summed E-state index contributed by atoms with van der Waals surface area (Å²) in [7, 11) is 0. The van der Waals surface area contributed by atoms with E-state index in [2.05, 4.69) is 34.1 Å². The zero-order valence-corrected chi connectivity index (χ0v) is 17.5. The van der Waals surface area contributed by atoms with Gasteiger partial charge in [-0.2, -0.15) is 0 Å². The summed E-state index contributed by atoms with van der Waals surface area (Å²) in [6.07, 6.45) is 7.48. The van der Waals surface area contributed by atoms with Gasteiger partial charge in [0.15, 0.2) is 0 Å². The van der Waals surface area contributed by atoms with E-state index in [4.69, 9.17) is 9.72 Å². The molecule has 2 fully saturated rings. The number of likely N-dealkylation sites (tertiary alicyclic amines) is 1. The molecular weight excluding hydrogens is 374 g/mol. The monoisotopic (exact) mass is 405 g/mol. The number of hydrogen-bond acceptors (Lipinski definition) is 4.